The molecule has 5 heteroatoms. The average molecular weight is 373 g/mol. The van der Waals surface area contributed by atoms with Crippen LogP contribution in [0.15, 0.2) is 24.3 Å². The molecule has 1 spiro atoms. The van der Waals surface area contributed by atoms with E-state index in [0.717, 1.165) is 82.6 Å². The highest BCUT2D eigenvalue weighted by molar-refractivity contribution is 5.94. The molecule has 1 aromatic carbocycles. The maximum absolute atomic E-state index is 12.8. The summed E-state index contributed by atoms with van der Waals surface area (Å²) in [4.78, 5) is 17.2. The standard InChI is InChI=1S/C22H32N2O3/c1-17-3-2-4-18(13-17)21(26)24-11-7-22(8-12-24)14-20(27-16-22)15-23-9-5-19(25)6-10-23/h2-4,13,19-20,25H,5-12,14-16H2,1H3. The zero-order valence-electron chi connectivity index (χ0n) is 16.4. The molecule has 4 rings (SSSR count). The van der Waals surface area contributed by atoms with E-state index < -0.39 is 0 Å². The Morgan fingerprint density at radius 1 is 1.22 bits per heavy atom. The molecule has 0 radical (unpaired) electrons. The second-order valence-electron chi connectivity index (χ2n) is 8.83. The first-order valence-electron chi connectivity index (χ1n) is 10.4. The predicted molar refractivity (Wildman–Crippen MR) is 105 cm³/mol. The smallest absolute Gasteiger partial charge is 0.253 e. The number of likely N-dealkylation sites (tertiary alicyclic amines) is 2. The summed E-state index contributed by atoms with van der Waals surface area (Å²) in [6, 6.07) is 7.89. The topological polar surface area (TPSA) is 53.0 Å². The van der Waals surface area contributed by atoms with E-state index >= 15 is 0 Å². The number of hydrogen-bond donors (Lipinski definition) is 1. The Morgan fingerprint density at radius 2 is 1.96 bits per heavy atom. The van der Waals surface area contributed by atoms with Gasteiger partial charge in [-0.15, -0.1) is 0 Å². The number of nitrogens with zero attached hydrogens (tertiary/aromatic N) is 2. The first kappa shape index (κ1) is 18.9. The fourth-order valence-electron chi connectivity index (χ4n) is 4.90. The number of aliphatic hydroxyl groups excluding tert-OH is 1. The molecular weight excluding hydrogens is 340 g/mol. The van der Waals surface area contributed by atoms with Gasteiger partial charge in [0.05, 0.1) is 18.8 Å². The van der Waals surface area contributed by atoms with Crippen LogP contribution in [0.4, 0.5) is 0 Å². The van der Waals surface area contributed by atoms with Crippen molar-refractivity contribution in [1.29, 1.82) is 0 Å². The molecular formula is C22H32N2O3. The molecule has 27 heavy (non-hydrogen) atoms. The van der Waals surface area contributed by atoms with Crippen molar-refractivity contribution in [1.82, 2.24) is 9.80 Å². The van der Waals surface area contributed by atoms with Crippen molar-refractivity contribution in [2.45, 2.75) is 51.2 Å². The summed E-state index contributed by atoms with van der Waals surface area (Å²) in [5.41, 5.74) is 2.19. The molecule has 1 N–H and O–H groups in total. The molecule has 1 atom stereocenters. The first-order chi connectivity index (χ1) is 13.0. The number of aliphatic hydroxyl groups is 1. The Balaban J connectivity index is 1.28. The monoisotopic (exact) mass is 372 g/mol. The van der Waals surface area contributed by atoms with Crippen LogP contribution in [0.2, 0.25) is 0 Å². The molecule has 1 aromatic rings. The summed E-state index contributed by atoms with van der Waals surface area (Å²) < 4.78 is 6.16. The van der Waals surface area contributed by atoms with Crippen LogP contribution < -0.4 is 0 Å². The minimum absolute atomic E-state index is 0.118. The van der Waals surface area contributed by atoms with Crippen LogP contribution in [0.3, 0.4) is 0 Å². The molecule has 3 saturated heterocycles. The molecule has 3 aliphatic rings. The fourth-order valence-corrected chi connectivity index (χ4v) is 4.90. The van der Waals surface area contributed by atoms with Gasteiger partial charge in [0.2, 0.25) is 0 Å². The van der Waals surface area contributed by atoms with Gasteiger partial charge in [-0.25, -0.2) is 0 Å². The average Bonchev–Trinajstić information content (AvgIpc) is 3.06. The van der Waals surface area contributed by atoms with E-state index in [2.05, 4.69) is 4.90 Å². The van der Waals surface area contributed by atoms with E-state index in [9.17, 15) is 9.90 Å². The molecule has 5 nitrogen and oxygen atoms in total. The number of ether oxygens (including phenoxy) is 1. The van der Waals surface area contributed by atoms with Crippen molar-refractivity contribution in [3.63, 3.8) is 0 Å². The van der Waals surface area contributed by atoms with E-state index in [4.69, 9.17) is 4.74 Å². The number of carbonyl (C=O) groups excluding carboxylic acids is 1. The lowest BCUT2D eigenvalue weighted by molar-refractivity contribution is 0.0302. The zero-order valence-corrected chi connectivity index (χ0v) is 16.4. The first-order valence-corrected chi connectivity index (χ1v) is 10.4. The molecule has 1 unspecified atom stereocenters. The lowest BCUT2D eigenvalue weighted by atomic mass is 9.76. The molecule has 3 fully saturated rings. The third kappa shape index (κ3) is 4.36. The van der Waals surface area contributed by atoms with Crippen LogP contribution in [-0.4, -0.2) is 72.4 Å². The van der Waals surface area contributed by atoms with Crippen molar-refractivity contribution >= 4 is 5.91 Å². The molecule has 0 aliphatic carbocycles. The minimum atomic E-state index is -0.118. The Bertz CT molecular complexity index is 661. The Hall–Kier alpha value is -1.43. The van der Waals surface area contributed by atoms with Crippen molar-refractivity contribution < 1.29 is 14.6 Å². The number of rotatable bonds is 3. The predicted octanol–water partition coefficient (Wildman–Crippen LogP) is 2.46. The largest absolute Gasteiger partial charge is 0.393 e. The summed E-state index contributed by atoms with van der Waals surface area (Å²) >= 11 is 0. The van der Waals surface area contributed by atoms with Gasteiger partial charge in [-0.2, -0.15) is 0 Å². The lowest BCUT2D eigenvalue weighted by Crippen LogP contribution is -2.44. The maximum Gasteiger partial charge on any atom is 0.253 e. The summed E-state index contributed by atoms with van der Waals surface area (Å²) in [6.45, 7) is 7.47. The summed E-state index contributed by atoms with van der Waals surface area (Å²) in [6.07, 6.45) is 5.14. The van der Waals surface area contributed by atoms with Crippen molar-refractivity contribution in [3.05, 3.63) is 35.4 Å². The second-order valence-corrected chi connectivity index (χ2v) is 8.83. The number of carbonyl (C=O) groups is 1. The molecule has 0 saturated carbocycles. The van der Waals surface area contributed by atoms with Crippen molar-refractivity contribution in [2.24, 2.45) is 5.41 Å². The van der Waals surface area contributed by atoms with Gasteiger partial charge in [0.15, 0.2) is 0 Å². The van der Waals surface area contributed by atoms with Crippen LogP contribution in [0.1, 0.15) is 48.0 Å². The highest BCUT2D eigenvalue weighted by Gasteiger charge is 2.43. The van der Waals surface area contributed by atoms with Gasteiger partial charge >= 0.3 is 0 Å². The molecule has 1 amide bonds. The molecule has 3 aliphatic heterocycles. The summed E-state index contributed by atoms with van der Waals surface area (Å²) in [5, 5.41) is 9.66. The summed E-state index contributed by atoms with van der Waals surface area (Å²) in [7, 11) is 0. The van der Waals surface area contributed by atoms with Gasteiger partial charge in [0.25, 0.3) is 5.91 Å². The molecule has 3 heterocycles. The second kappa shape index (κ2) is 7.90. The van der Waals surface area contributed by atoms with Gasteiger partial charge in [-0.3, -0.25) is 4.79 Å². The van der Waals surface area contributed by atoms with Gasteiger partial charge in [0.1, 0.15) is 0 Å². The van der Waals surface area contributed by atoms with Crippen LogP contribution >= 0.6 is 0 Å². The third-order valence-corrected chi connectivity index (χ3v) is 6.68. The Kier molecular flexibility index (Phi) is 5.53. The van der Waals surface area contributed by atoms with Gasteiger partial charge in [0, 0.05) is 38.3 Å². The zero-order chi connectivity index (χ0) is 18.9. The van der Waals surface area contributed by atoms with E-state index in [0.29, 0.717) is 6.10 Å². The number of hydrogen-bond acceptors (Lipinski definition) is 4. The summed E-state index contributed by atoms with van der Waals surface area (Å²) in [5.74, 6) is 0.163. The molecule has 0 aromatic heterocycles. The number of amides is 1. The molecule has 0 bridgehead atoms. The number of benzene rings is 1. The van der Waals surface area contributed by atoms with Crippen molar-refractivity contribution in [3.8, 4) is 0 Å². The molecule has 148 valence electrons. The third-order valence-electron chi connectivity index (χ3n) is 6.68. The van der Waals surface area contributed by atoms with Crippen LogP contribution in [0, 0.1) is 12.3 Å². The Morgan fingerprint density at radius 3 is 2.67 bits per heavy atom. The van der Waals surface area contributed by atoms with Crippen LogP contribution in [0.5, 0.6) is 0 Å². The quantitative estimate of drug-likeness (QED) is 0.886. The van der Waals surface area contributed by atoms with Crippen LogP contribution in [-0.2, 0) is 4.74 Å². The highest BCUT2D eigenvalue weighted by Crippen LogP contribution is 2.42. The van der Waals surface area contributed by atoms with E-state index in [1.165, 1.54) is 0 Å². The Labute approximate surface area is 162 Å². The highest BCUT2D eigenvalue weighted by atomic mass is 16.5. The van der Waals surface area contributed by atoms with E-state index in [1.54, 1.807) is 0 Å². The SMILES string of the molecule is Cc1cccc(C(=O)N2CCC3(CC2)COC(CN2CCC(O)CC2)C3)c1. The number of piperidine rings is 2. The van der Waals surface area contributed by atoms with E-state index in [-0.39, 0.29) is 17.4 Å². The van der Waals surface area contributed by atoms with Crippen molar-refractivity contribution in [2.75, 3.05) is 39.3 Å². The minimum Gasteiger partial charge on any atom is -0.393 e. The lowest BCUT2D eigenvalue weighted by Gasteiger charge is -2.38. The fraction of sp³-hybridized carbons (Fsp3) is 0.682. The van der Waals surface area contributed by atoms with Gasteiger partial charge < -0.3 is 19.6 Å². The van der Waals surface area contributed by atoms with Crippen LogP contribution in [0.25, 0.3) is 0 Å². The maximum atomic E-state index is 12.8. The number of aryl methyl sites for hydroxylation is 1. The van der Waals surface area contributed by atoms with Gasteiger partial charge in [-0.05, 0) is 56.6 Å². The normalized spacial score (nSPS) is 26.6. The van der Waals surface area contributed by atoms with E-state index in [1.807, 2.05) is 36.1 Å². The van der Waals surface area contributed by atoms with Gasteiger partial charge in [-0.1, -0.05) is 17.7 Å².